The molecule has 1 atom stereocenters. The molecule has 3 heterocycles. The molecule has 1 fully saturated rings. The fraction of sp³-hybridized carbons (Fsp3) is 0.278. The second-order valence-electron chi connectivity index (χ2n) is 6.00. The van der Waals surface area contributed by atoms with Crippen LogP contribution >= 0.6 is 0 Å². The lowest BCUT2D eigenvalue weighted by molar-refractivity contribution is 0.0641. The average Bonchev–Trinajstić information content (AvgIpc) is 3.16. The van der Waals surface area contributed by atoms with Crippen molar-refractivity contribution in [3.05, 3.63) is 64.8 Å². The van der Waals surface area contributed by atoms with E-state index < -0.39 is 0 Å². The van der Waals surface area contributed by atoms with Crippen LogP contribution in [0.5, 0.6) is 0 Å². The van der Waals surface area contributed by atoms with Crippen molar-refractivity contribution < 1.29 is 9.21 Å². The molecule has 1 aromatic carbocycles. The molecule has 0 N–H and O–H groups in total. The van der Waals surface area contributed by atoms with Gasteiger partial charge in [0, 0.05) is 31.5 Å². The van der Waals surface area contributed by atoms with Crippen LogP contribution in [0.4, 0.5) is 0 Å². The van der Waals surface area contributed by atoms with E-state index in [1.54, 1.807) is 35.4 Å². The number of piperidine rings is 1. The number of benzene rings is 1. The first-order valence-electron chi connectivity index (χ1n) is 8.04. The van der Waals surface area contributed by atoms with Gasteiger partial charge in [-0.25, -0.2) is 0 Å². The highest BCUT2D eigenvalue weighted by atomic mass is 16.3. The zero-order valence-corrected chi connectivity index (χ0v) is 13.1. The molecule has 1 saturated heterocycles. The minimum atomic E-state index is -0.241. The molecule has 24 heavy (non-hydrogen) atoms. The van der Waals surface area contributed by atoms with E-state index >= 15 is 0 Å². The summed E-state index contributed by atoms with van der Waals surface area (Å²) in [5, 5.41) is 4.75. The molecular weight excluding hydrogens is 306 g/mol. The van der Waals surface area contributed by atoms with Crippen LogP contribution in [0, 0.1) is 0 Å². The van der Waals surface area contributed by atoms with Gasteiger partial charge in [0.05, 0.1) is 11.4 Å². The highest BCUT2D eigenvalue weighted by molar-refractivity contribution is 5.93. The Morgan fingerprint density at radius 3 is 2.96 bits per heavy atom. The number of hydrogen-bond donors (Lipinski definition) is 0. The van der Waals surface area contributed by atoms with E-state index in [9.17, 15) is 9.59 Å². The number of para-hydroxylation sites is 1. The lowest BCUT2D eigenvalue weighted by atomic mass is 10.1. The van der Waals surface area contributed by atoms with Crippen LogP contribution in [0.3, 0.4) is 0 Å². The third-order valence-electron chi connectivity index (χ3n) is 4.43. The topological polar surface area (TPSA) is 68.3 Å². The first-order valence-corrected chi connectivity index (χ1v) is 8.04. The van der Waals surface area contributed by atoms with Crippen molar-refractivity contribution in [3.8, 4) is 0 Å². The van der Waals surface area contributed by atoms with Gasteiger partial charge in [0.2, 0.25) is 0 Å². The molecule has 1 aliphatic rings. The number of carbonyl (C=O) groups excluding carboxylic acids is 1. The molecule has 0 spiro atoms. The molecule has 4 rings (SSSR count). The van der Waals surface area contributed by atoms with E-state index in [0.717, 1.165) is 12.8 Å². The fourth-order valence-electron chi connectivity index (χ4n) is 3.22. The normalized spacial score (nSPS) is 18.0. The Hall–Kier alpha value is -2.89. The Kier molecular flexibility index (Phi) is 3.65. The molecule has 6 heteroatoms. The lowest BCUT2D eigenvalue weighted by Gasteiger charge is -2.32. The Morgan fingerprint density at radius 2 is 2.12 bits per heavy atom. The van der Waals surface area contributed by atoms with Crippen LogP contribution in [-0.2, 0) is 0 Å². The smallest absolute Gasteiger partial charge is 0.289 e. The van der Waals surface area contributed by atoms with Crippen molar-refractivity contribution in [1.82, 2.24) is 14.7 Å². The van der Waals surface area contributed by atoms with Crippen molar-refractivity contribution in [3.63, 3.8) is 0 Å². The molecule has 1 amide bonds. The minimum absolute atomic E-state index is 0.0971. The van der Waals surface area contributed by atoms with E-state index in [2.05, 4.69) is 5.10 Å². The van der Waals surface area contributed by atoms with Crippen LogP contribution in [0.2, 0.25) is 0 Å². The first kappa shape index (κ1) is 14.7. The minimum Gasteiger partial charge on any atom is -0.451 e. The number of aromatic nitrogens is 2. The number of likely N-dealkylation sites (tertiary alicyclic amines) is 1. The maximum absolute atomic E-state index is 12.8. The summed E-state index contributed by atoms with van der Waals surface area (Å²) in [5.74, 6) is -0.144. The van der Waals surface area contributed by atoms with Gasteiger partial charge in [0.15, 0.2) is 11.2 Å². The largest absolute Gasteiger partial charge is 0.451 e. The Bertz CT molecular complexity index is 930. The second kappa shape index (κ2) is 5.96. The number of fused-ring (bicyclic) bond motifs is 1. The third-order valence-corrected chi connectivity index (χ3v) is 4.43. The van der Waals surface area contributed by atoms with Gasteiger partial charge < -0.3 is 9.32 Å². The number of carbonyl (C=O) groups is 1. The van der Waals surface area contributed by atoms with Crippen LogP contribution < -0.4 is 5.43 Å². The zero-order valence-electron chi connectivity index (χ0n) is 13.1. The number of hydrogen-bond acceptors (Lipinski definition) is 4. The van der Waals surface area contributed by atoms with E-state index in [1.165, 1.54) is 6.07 Å². The van der Waals surface area contributed by atoms with Crippen molar-refractivity contribution in [2.24, 2.45) is 0 Å². The van der Waals surface area contributed by atoms with Crippen molar-refractivity contribution >= 4 is 16.9 Å². The van der Waals surface area contributed by atoms with Crippen molar-refractivity contribution in [2.75, 3.05) is 13.1 Å². The number of amides is 1. The quantitative estimate of drug-likeness (QED) is 0.726. The summed E-state index contributed by atoms with van der Waals surface area (Å²) >= 11 is 0. The molecule has 1 unspecified atom stereocenters. The molecule has 3 aromatic rings. The monoisotopic (exact) mass is 323 g/mol. The van der Waals surface area contributed by atoms with Gasteiger partial charge in [-0.3, -0.25) is 14.3 Å². The molecule has 0 radical (unpaired) electrons. The molecule has 0 saturated carbocycles. The predicted octanol–water partition coefficient (Wildman–Crippen LogP) is 2.47. The molecule has 6 nitrogen and oxygen atoms in total. The Balaban J connectivity index is 1.62. The van der Waals surface area contributed by atoms with E-state index in [4.69, 9.17) is 4.42 Å². The summed E-state index contributed by atoms with van der Waals surface area (Å²) in [6.07, 6.45) is 5.53. The fourth-order valence-corrected chi connectivity index (χ4v) is 3.22. The van der Waals surface area contributed by atoms with Crippen molar-refractivity contribution in [2.45, 2.75) is 18.9 Å². The number of rotatable bonds is 2. The molecule has 0 bridgehead atoms. The third kappa shape index (κ3) is 2.60. The predicted molar refractivity (Wildman–Crippen MR) is 88.9 cm³/mol. The van der Waals surface area contributed by atoms with Crippen LogP contribution in [0.15, 0.2) is 58.0 Å². The van der Waals surface area contributed by atoms with Gasteiger partial charge in [0.1, 0.15) is 5.58 Å². The highest BCUT2D eigenvalue weighted by Crippen LogP contribution is 2.22. The second-order valence-corrected chi connectivity index (χ2v) is 6.00. The Morgan fingerprint density at radius 1 is 1.25 bits per heavy atom. The summed E-state index contributed by atoms with van der Waals surface area (Å²) in [4.78, 5) is 26.7. The van der Waals surface area contributed by atoms with Gasteiger partial charge in [-0.2, -0.15) is 5.10 Å². The standard InChI is InChI=1S/C18H17N3O3/c22-15-11-17(24-16-7-2-1-6-14(15)16)18(23)20-9-3-5-13(12-20)21-10-4-8-19-21/h1-2,4,6-8,10-11,13H,3,5,9,12H2. The lowest BCUT2D eigenvalue weighted by Crippen LogP contribution is -2.41. The van der Waals surface area contributed by atoms with E-state index in [0.29, 0.717) is 24.1 Å². The van der Waals surface area contributed by atoms with Crippen LogP contribution in [0.25, 0.3) is 11.0 Å². The SMILES string of the molecule is O=C(c1cc(=O)c2ccccc2o1)N1CCCC(n2cccn2)C1. The summed E-state index contributed by atoms with van der Waals surface area (Å²) < 4.78 is 7.55. The summed E-state index contributed by atoms with van der Waals surface area (Å²) in [7, 11) is 0. The Labute approximate surface area is 138 Å². The molecule has 0 aliphatic carbocycles. The van der Waals surface area contributed by atoms with Crippen molar-refractivity contribution in [1.29, 1.82) is 0 Å². The summed E-state index contributed by atoms with van der Waals surface area (Å²) in [6.45, 7) is 1.23. The molecule has 2 aromatic heterocycles. The van der Waals surface area contributed by atoms with Gasteiger partial charge in [-0.15, -0.1) is 0 Å². The summed E-state index contributed by atoms with van der Waals surface area (Å²) in [6, 6.07) is 10.3. The maximum atomic E-state index is 12.8. The highest BCUT2D eigenvalue weighted by Gasteiger charge is 2.27. The van der Waals surface area contributed by atoms with Gasteiger partial charge in [-0.05, 0) is 31.0 Å². The molecule has 122 valence electrons. The first-order chi connectivity index (χ1) is 11.7. The van der Waals surface area contributed by atoms with Crippen LogP contribution in [-0.4, -0.2) is 33.7 Å². The van der Waals surface area contributed by atoms with E-state index in [1.807, 2.05) is 16.9 Å². The molecule has 1 aliphatic heterocycles. The zero-order chi connectivity index (χ0) is 16.5. The molecular formula is C18H17N3O3. The number of nitrogens with zero attached hydrogens (tertiary/aromatic N) is 3. The van der Waals surface area contributed by atoms with Gasteiger partial charge in [-0.1, -0.05) is 12.1 Å². The van der Waals surface area contributed by atoms with E-state index in [-0.39, 0.29) is 23.1 Å². The average molecular weight is 323 g/mol. The van der Waals surface area contributed by atoms with Gasteiger partial charge in [0.25, 0.3) is 5.91 Å². The van der Waals surface area contributed by atoms with Gasteiger partial charge >= 0.3 is 0 Å². The van der Waals surface area contributed by atoms with Crippen LogP contribution in [0.1, 0.15) is 29.4 Å². The maximum Gasteiger partial charge on any atom is 0.289 e. The summed E-state index contributed by atoms with van der Waals surface area (Å²) in [5.41, 5.74) is 0.245.